The van der Waals surface area contributed by atoms with Gasteiger partial charge in [-0.25, -0.2) is 28.7 Å². The van der Waals surface area contributed by atoms with Crippen molar-refractivity contribution >= 4 is 90.6 Å². The summed E-state index contributed by atoms with van der Waals surface area (Å²) in [5, 5.41) is 9.19. The van der Waals surface area contributed by atoms with Crippen LogP contribution in [0.3, 0.4) is 0 Å². The number of halogens is 5. The van der Waals surface area contributed by atoms with Crippen LogP contribution in [0.1, 0.15) is 11.1 Å². The third kappa shape index (κ3) is 10.5. The highest BCUT2D eigenvalue weighted by atomic mass is 127. The summed E-state index contributed by atoms with van der Waals surface area (Å²) >= 11 is 15.1. The Morgan fingerprint density at radius 3 is 1.66 bits per heavy atom. The van der Waals surface area contributed by atoms with Gasteiger partial charge in [0.05, 0.1) is 28.2 Å². The molecular weight excluding hydrogens is 948 g/mol. The number of hydrogen-bond donors (Lipinski definition) is 2. The predicted molar refractivity (Wildman–Crippen MR) is 247 cm³/mol. The summed E-state index contributed by atoms with van der Waals surface area (Å²) in [7, 11) is 1.56. The molecule has 0 aliphatic rings. The van der Waals surface area contributed by atoms with Gasteiger partial charge in [0.25, 0.3) is 5.95 Å². The fourth-order valence-corrected chi connectivity index (χ4v) is 7.22. The monoisotopic (exact) mass is 980 g/mol. The molecule has 0 radical (unpaired) electrons. The minimum Gasteiger partial charge on any atom is -0.487 e. The van der Waals surface area contributed by atoms with Crippen LogP contribution in [0.4, 0.5) is 31.8 Å². The molecule has 9 aromatic rings. The van der Waals surface area contributed by atoms with Crippen LogP contribution >= 0.6 is 45.8 Å². The van der Waals surface area contributed by atoms with Gasteiger partial charge in [-0.2, -0.15) is 0 Å². The van der Waals surface area contributed by atoms with E-state index in [-0.39, 0.29) is 24.8 Å². The van der Waals surface area contributed by atoms with Gasteiger partial charge < -0.3 is 29.3 Å². The highest BCUT2D eigenvalue weighted by Gasteiger charge is 2.12. The highest BCUT2D eigenvalue weighted by Crippen LogP contribution is 2.34. The van der Waals surface area contributed by atoms with Crippen LogP contribution in [-0.2, 0) is 13.2 Å². The van der Waals surface area contributed by atoms with Crippen molar-refractivity contribution < 1.29 is 27.4 Å². The standard InChI is InChI=1S/C26H19ClFN3O3.C21H14ClFIN3O/c1-32-25-10-9-23(34-25)17-5-7-22-20(12-17)26(30-15-29-22)31-19-6-8-24(21(27)13-19)33-14-16-3-2-4-18(28)11-16;22-18-10-16(5-7-20(18)28-11-13-2-1-3-14(23)8-13)27-21-17-9-15(24)4-6-19(17)25-12-26-21/h2-13,15H,14H2,1H3,(H,29,30,31);1-10,12H,11H2,(H,25,26,27). The summed E-state index contributed by atoms with van der Waals surface area (Å²) in [6.07, 6.45) is 3.02. The molecule has 0 aliphatic carbocycles. The molecule has 62 heavy (non-hydrogen) atoms. The van der Waals surface area contributed by atoms with Crippen LogP contribution < -0.4 is 24.8 Å². The third-order valence-corrected chi connectivity index (χ3v) is 10.5. The van der Waals surface area contributed by atoms with Crippen molar-refractivity contribution in [2.75, 3.05) is 17.7 Å². The number of rotatable bonds is 12. The van der Waals surface area contributed by atoms with E-state index in [1.807, 2.05) is 54.6 Å². The van der Waals surface area contributed by atoms with Crippen molar-refractivity contribution in [3.8, 4) is 28.8 Å². The number of methoxy groups -OCH3 is 1. The van der Waals surface area contributed by atoms with Crippen LogP contribution in [0.15, 0.2) is 151 Å². The molecular formula is C47H33Cl2F2IN6O4. The molecule has 0 aliphatic heterocycles. The molecule has 0 amide bonds. The van der Waals surface area contributed by atoms with Crippen molar-refractivity contribution in [1.29, 1.82) is 0 Å². The average Bonchev–Trinajstić information content (AvgIpc) is 3.76. The topological polar surface area (TPSA) is 116 Å². The normalized spacial score (nSPS) is 10.9. The maximum absolute atomic E-state index is 13.4. The van der Waals surface area contributed by atoms with Crippen LogP contribution in [0.5, 0.6) is 17.4 Å². The van der Waals surface area contributed by atoms with Gasteiger partial charge in [0.1, 0.15) is 66.4 Å². The van der Waals surface area contributed by atoms with E-state index in [4.69, 9.17) is 41.8 Å². The lowest BCUT2D eigenvalue weighted by Gasteiger charge is -2.12. The molecule has 15 heteroatoms. The molecule has 9 rings (SSSR count). The lowest BCUT2D eigenvalue weighted by Crippen LogP contribution is -1.98. The van der Waals surface area contributed by atoms with Crippen LogP contribution in [0, 0.1) is 15.2 Å². The lowest BCUT2D eigenvalue weighted by atomic mass is 10.1. The molecule has 0 bridgehead atoms. The maximum Gasteiger partial charge on any atom is 0.284 e. The Morgan fingerprint density at radius 1 is 0.597 bits per heavy atom. The smallest absolute Gasteiger partial charge is 0.284 e. The zero-order chi connectivity index (χ0) is 43.0. The number of hydrogen-bond acceptors (Lipinski definition) is 10. The molecule has 0 atom stereocenters. The number of nitrogens with one attached hydrogen (secondary N) is 2. The second-order valence-electron chi connectivity index (χ2n) is 13.5. The van der Waals surface area contributed by atoms with E-state index in [2.05, 4.69) is 53.2 Å². The molecule has 310 valence electrons. The van der Waals surface area contributed by atoms with Gasteiger partial charge in [0.15, 0.2) is 0 Å². The van der Waals surface area contributed by atoms with Gasteiger partial charge in [0.2, 0.25) is 0 Å². The van der Waals surface area contributed by atoms with Gasteiger partial charge in [-0.05, 0) is 137 Å². The first-order chi connectivity index (χ1) is 30.2. The van der Waals surface area contributed by atoms with E-state index in [1.165, 1.54) is 36.9 Å². The Labute approximate surface area is 378 Å². The predicted octanol–water partition coefficient (Wildman–Crippen LogP) is 13.4. The van der Waals surface area contributed by atoms with Gasteiger partial charge in [-0.3, -0.25) is 0 Å². The fourth-order valence-electron chi connectivity index (χ4n) is 6.26. The Morgan fingerprint density at radius 2 is 1.15 bits per heavy atom. The summed E-state index contributed by atoms with van der Waals surface area (Å²) in [6.45, 7) is 0.445. The first kappa shape index (κ1) is 42.2. The summed E-state index contributed by atoms with van der Waals surface area (Å²) in [6, 6.07) is 38.7. The Bertz CT molecular complexity index is 3030. The number of furan rings is 1. The quantitative estimate of drug-likeness (QED) is 0.115. The number of benzene rings is 6. The minimum atomic E-state index is -0.307. The number of nitrogens with zero attached hydrogens (tertiary/aromatic N) is 4. The van der Waals surface area contributed by atoms with Gasteiger partial charge in [0, 0.05) is 37.3 Å². The highest BCUT2D eigenvalue weighted by molar-refractivity contribution is 14.1. The van der Waals surface area contributed by atoms with E-state index in [0.717, 1.165) is 53.4 Å². The molecule has 3 aromatic heterocycles. The molecule has 0 saturated heterocycles. The first-order valence-electron chi connectivity index (χ1n) is 18.8. The van der Waals surface area contributed by atoms with E-state index in [0.29, 0.717) is 44.9 Å². The van der Waals surface area contributed by atoms with Gasteiger partial charge in [-0.1, -0.05) is 47.5 Å². The van der Waals surface area contributed by atoms with Crippen LogP contribution in [0.25, 0.3) is 33.1 Å². The lowest BCUT2D eigenvalue weighted by molar-refractivity contribution is 0.306. The molecule has 6 aromatic carbocycles. The number of aromatic nitrogens is 4. The first-order valence-corrected chi connectivity index (χ1v) is 20.7. The second-order valence-corrected chi connectivity index (χ2v) is 15.6. The zero-order valence-electron chi connectivity index (χ0n) is 32.6. The molecule has 0 unspecified atom stereocenters. The Kier molecular flexibility index (Phi) is 13.2. The third-order valence-electron chi connectivity index (χ3n) is 9.26. The van der Waals surface area contributed by atoms with E-state index >= 15 is 0 Å². The minimum absolute atomic E-state index is 0.209. The van der Waals surface area contributed by atoms with Gasteiger partial charge in [-0.15, -0.1) is 0 Å². The summed E-state index contributed by atoms with van der Waals surface area (Å²) in [4.78, 5) is 17.4. The van der Waals surface area contributed by atoms with Gasteiger partial charge >= 0.3 is 0 Å². The summed E-state index contributed by atoms with van der Waals surface area (Å²) in [5.74, 6) is 2.86. The molecule has 10 nitrogen and oxygen atoms in total. The van der Waals surface area contributed by atoms with Crippen molar-refractivity contribution in [1.82, 2.24) is 19.9 Å². The van der Waals surface area contributed by atoms with Crippen molar-refractivity contribution in [3.05, 3.63) is 182 Å². The number of ether oxygens (including phenoxy) is 3. The molecule has 0 fully saturated rings. The van der Waals surface area contributed by atoms with Crippen LogP contribution in [-0.4, -0.2) is 27.0 Å². The fraction of sp³-hybridized carbons (Fsp3) is 0.0638. The average molecular weight is 982 g/mol. The zero-order valence-corrected chi connectivity index (χ0v) is 36.3. The van der Waals surface area contributed by atoms with E-state index in [9.17, 15) is 8.78 Å². The Hall–Kier alpha value is -6.55. The number of anilines is 4. The number of fused-ring (bicyclic) bond motifs is 2. The van der Waals surface area contributed by atoms with Crippen molar-refractivity contribution in [2.24, 2.45) is 0 Å². The Balaban J connectivity index is 0.000000174. The molecule has 3 heterocycles. The van der Waals surface area contributed by atoms with Crippen LogP contribution in [0.2, 0.25) is 10.0 Å². The van der Waals surface area contributed by atoms with E-state index in [1.54, 1.807) is 61.7 Å². The summed E-state index contributed by atoms with van der Waals surface area (Å²) in [5.41, 5.74) is 5.47. The van der Waals surface area contributed by atoms with Crippen molar-refractivity contribution in [2.45, 2.75) is 13.2 Å². The second kappa shape index (κ2) is 19.4. The van der Waals surface area contributed by atoms with Crippen molar-refractivity contribution in [3.63, 3.8) is 0 Å². The SMILES string of the molecule is COc1ccc(-c2ccc3ncnc(Nc4ccc(OCc5cccc(F)c5)c(Cl)c4)c3c2)o1.Fc1cccc(COc2ccc(Nc3ncnc4ccc(I)cc34)cc2Cl)c1. The van der Waals surface area contributed by atoms with E-state index < -0.39 is 0 Å². The molecule has 2 N–H and O–H groups in total. The molecule has 0 saturated carbocycles. The summed E-state index contributed by atoms with van der Waals surface area (Å²) < 4.78 is 50.0. The largest absolute Gasteiger partial charge is 0.487 e. The molecule has 0 spiro atoms. The maximum atomic E-state index is 13.4.